The normalized spacial score (nSPS) is 9.92. The van der Waals surface area contributed by atoms with Gasteiger partial charge in [0, 0.05) is 0 Å². The van der Waals surface area contributed by atoms with Crippen LogP contribution in [0.2, 0.25) is 5.02 Å². The molecule has 0 heterocycles. The lowest BCUT2D eigenvalue weighted by atomic mass is 10.1. The summed E-state index contributed by atoms with van der Waals surface area (Å²) in [6.07, 6.45) is 0. The van der Waals surface area contributed by atoms with Gasteiger partial charge in [0.15, 0.2) is 5.78 Å². The first-order valence-electron chi connectivity index (χ1n) is 3.28. The number of ketones is 1. The molecule has 0 aliphatic heterocycles. The molecule has 64 valence electrons. The maximum atomic E-state index is 12.9. The molecule has 2 N–H and O–H groups in total. The number of carbonyl (C=O) groups excluding carboxylic acids is 1. The highest BCUT2D eigenvalue weighted by atomic mass is 35.5. The molecule has 0 saturated carbocycles. The second kappa shape index (κ2) is 3.11. The van der Waals surface area contributed by atoms with Crippen molar-refractivity contribution in [2.24, 2.45) is 0 Å². The van der Waals surface area contributed by atoms with Gasteiger partial charge in [-0.25, -0.2) is 4.39 Å². The molecule has 0 saturated heterocycles. The van der Waals surface area contributed by atoms with E-state index in [-0.39, 0.29) is 16.3 Å². The minimum Gasteiger partial charge on any atom is -0.397 e. The molecule has 4 heteroatoms. The molecule has 0 spiro atoms. The van der Waals surface area contributed by atoms with E-state index in [0.717, 1.165) is 6.07 Å². The van der Waals surface area contributed by atoms with Crippen LogP contribution in [0, 0.1) is 5.82 Å². The van der Waals surface area contributed by atoms with Crippen molar-refractivity contribution in [3.63, 3.8) is 0 Å². The van der Waals surface area contributed by atoms with Crippen molar-refractivity contribution in [3.8, 4) is 0 Å². The largest absolute Gasteiger partial charge is 0.397 e. The van der Waals surface area contributed by atoms with Crippen LogP contribution in [-0.2, 0) is 0 Å². The molecule has 0 atom stereocenters. The Labute approximate surface area is 74.1 Å². The number of halogens is 2. The van der Waals surface area contributed by atoms with Crippen LogP contribution in [0.4, 0.5) is 10.1 Å². The fourth-order valence-corrected chi connectivity index (χ4v) is 1.08. The summed E-state index contributed by atoms with van der Waals surface area (Å²) in [4.78, 5) is 10.9. The number of nitrogens with two attached hydrogens (primary N) is 1. The second-order valence-corrected chi connectivity index (χ2v) is 2.78. The monoisotopic (exact) mass is 187 g/mol. The van der Waals surface area contributed by atoms with E-state index in [2.05, 4.69) is 0 Å². The first-order valence-corrected chi connectivity index (χ1v) is 3.66. The Morgan fingerprint density at radius 1 is 1.58 bits per heavy atom. The number of carbonyl (C=O) groups is 1. The number of benzene rings is 1. The van der Waals surface area contributed by atoms with Gasteiger partial charge in [-0.1, -0.05) is 11.6 Å². The third-order valence-corrected chi connectivity index (χ3v) is 1.82. The topological polar surface area (TPSA) is 43.1 Å². The SMILES string of the molecule is CC(=O)c1c(F)ccc(Cl)c1N. The molecule has 0 fully saturated rings. The van der Waals surface area contributed by atoms with Crippen LogP contribution < -0.4 is 5.73 Å². The van der Waals surface area contributed by atoms with E-state index in [1.807, 2.05) is 0 Å². The third-order valence-electron chi connectivity index (χ3n) is 1.49. The highest BCUT2D eigenvalue weighted by molar-refractivity contribution is 6.33. The zero-order valence-corrected chi connectivity index (χ0v) is 7.15. The van der Waals surface area contributed by atoms with Crippen LogP contribution in [0.5, 0.6) is 0 Å². The number of hydrogen-bond acceptors (Lipinski definition) is 2. The van der Waals surface area contributed by atoms with Crippen molar-refractivity contribution in [2.75, 3.05) is 5.73 Å². The molecule has 0 unspecified atom stereocenters. The molecule has 0 bridgehead atoms. The molecule has 1 aromatic rings. The number of rotatable bonds is 1. The molecule has 0 aliphatic rings. The van der Waals surface area contributed by atoms with E-state index in [1.165, 1.54) is 13.0 Å². The van der Waals surface area contributed by atoms with Crippen LogP contribution in [0.15, 0.2) is 12.1 Å². The third kappa shape index (κ3) is 1.41. The fraction of sp³-hybridized carbons (Fsp3) is 0.125. The van der Waals surface area contributed by atoms with Gasteiger partial charge in [0.2, 0.25) is 0 Å². The molecule has 2 nitrogen and oxygen atoms in total. The van der Waals surface area contributed by atoms with E-state index in [4.69, 9.17) is 17.3 Å². The van der Waals surface area contributed by atoms with Gasteiger partial charge in [-0.2, -0.15) is 0 Å². The van der Waals surface area contributed by atoms with E-state index in [1.54, 1.807) is 0 Å². The summed E-state index contributed by atoms with van der Waals surface area (Å²) in [5.41, 5.74) is 5.26. The summed E-state index contributed by atoms with van der Waals surface area (Å²) in [6, 6.07) is 2.44. The molecule has 0 amide bonds. The molecule has 1 aromatic carbocycles. The Kier molecular flexibility index (Phi) is 2.33. The average Bonchev–Trinajstić information content (AvgIpc) is 1.97. The predicted octanol–water partition coefficient (Wildman–Crippen LogP) is 2.26. The Morgan fingerprint density at radius 2 is 2.17 bits per heavy atom. The number of hydrogen-bond donors (Lipinski definition) is 1. The first-order chi connectivity index (χ1) is 5.54. The molecule has 0 radical (unpaired) electrons. The smallest absolute Gasteiger partial charge is 0.164 e. The van der Waals surface area contributed by atoms with Gasteiger partial charge < -0.3 is 5.73 Å². The lowest BCUT2D eigenvalue weighted by Gasteiger charge is -2.04. The zero-order chi connectivity index (χ0) is 9.30. The first kappa shape index (κ1) is 9.00. The van der Waals surface area contributed by atoms with Gasteiger partial charge >= 0.3 is 0 Å². The molecular weight excluding hydrogens is 181 g/mol. The van der Waals surface area contributed by atoms with E-state index in [9.17, 15) is 9.18 Å². The number of anilines is 1. The summed E-state index contributed by atoms with van der Waals surface area (Å²) in [5.74, 6) is -1.06. The van der Waals surface area contributed by atoms with E-state index in [0.29, 0.717) is 0 Å². The summed E-state index contributed by atoms with van der Waals surface area (Å²) in [6.45, 7) is 1.24. The van der Waals surface area contributed by atoms with Gasteiger partial charge in [-0.05, 0) is 19.1 Å². The van der Waals surface area contributed by atoms with Gasteiger partial charge in [0.25, 0.3) is 0 Å². The highest BCUT2D eigenvalue weighted by Gasteiger charge is 2.13. The van der Waals surface area contributed by atoms with Gasteiger partial charge in [0.1, 0.15) is 5.82 Å². The van der Waals surface area contributed by atoms with Crippen LogP contribution in [-0.4, -0.2) is 5.78 Å². The highest BCUT2D eigenvalue weighted by Crippen LogP contribution is 2.25. The van der Waals surface area contributed by atoms with E-state index >= 15 is 0 Å². The minimum absolute atomic E-state index is 0.00386. The average molecular weight is 188 g/mol. The molecule has 0 aliphatic carbocycles. The fourth-order valence-electron chi connectivity index (χ4n) is 0.925. The summed E-state index contributed by atoms with van der Waals surface area (Å²) in [7, 11) is 0. The standard InChI is InChI=1S/C8H7ClFNO/c1-4(12)7-6(10)3-2-5(9)8(7)11/h2-3H,11H2,1H3. The Hall–Kier alpha value is -1.09. The molecular formula is C8H7ClFNO. The molecule has 0 aromatic heterocycles. The number of Topliss-reactive ketones (excluding diaryl/α,β-unsaturated/α-hetero) is 1. The number of nitrogen functional groups attached to an aromatic ring is 1. The maximum Gasteiger partial charge on any atom is 0.164 e. The van der Waals surface area contributed by atoms with Crippen LogP contribution in [0.25, 0.3) is 0 Å². The van der Waals surface area contributed by atoms with Crippen molar-refractivity contribution in [2.45, 2.75) is 6.92 Å². The summed E-state index contributed by atoms with van der Waals surface area (Å²) in [5, 5.41) is 0.196. The van der Waals surface area contributed by atoms with Crippen LogP contribution in [0.3, 0.4) is 0 Å². The lowest BCUT2D eigenvalue weighted by Crippen LogP contribution is -2.03. The van der Waals surface area contributed by atoms with Crippen molar-refractivity contribution < 1.29 is 9.18 Å². The second-order valence-electron chi connectivity index (χ2n) is 2.37. The van der Waals surface area contributed by atoms with Gasteiger partial charge in [-0.3, -0.25) is 4.79 Å². The summed E-state index contributed by atoms with van der Waals surface area (Å²) >= 11 is 5.59. The van der Waals surface area contributed by atoms with E-state index < -0.39 is 11.6 Å². The minimum atomic E-state index is -0.635. The van der Waals surface area contributed by atoms with Crippen molar-refractivity contribution >= 4 is 23.1 Å². The lowest BCUT2D eigenvalue weighted by molar-refractivity contribution is 0.101. The Bertz CT molecular complexity index is 338. The Balaban J connectivity index is 3.43. The van der Waals surface area contributed by atoms with Crippen molar-refractivity contribution in [1.29, 1.82) is 0 Å². The quantitative estimate of drug-likeness (QED) is 0.541. The summed E-state index contributed by atoms with van der Waals surface area (Å²) < 4.78 is 12.9. The molecule has 1 rings (SSSR count). The predicted molar refractivity (Wildman–Crippen MR) is 45.8 cm³/mol. The van der Waals surface area contributed by atoms with Crippen molar-refractivity contribution in [1.82, 2.24) is 0 Å². The van der Waals surface area contributed by atoms with Crippen LogP contribution in [0.1, 0.15) is 17.3 Å². The maximum absolute atomic E-state index is 12.9. The zero-order valence-electron chi connectivity index (χ0n) is 6.40. The Morgan fingerprint density at radius 3 is 2.58 bits per heavy atom. The van der Waals surface area contributed by atoms with Crippen molar-refractivity contribution in [3.05, 3.63) is 28.5 Å². The van der Waals surface area contributed by atoms with Gasteiger partial charge in [-0.15, -0.1) is 0 Å². The van der Waals surface area contributed by atoms with Gasteiger partial charge in [0.05, 0.1) is 16.3 Å². The molecule has 12 heavy (non-hydrogen) atoms. The van der Waals surface area contributed by atoms with Crippen LogP contribution >= 0.6 is 11.6 Å².